The molecule has 0 aliphatic carbocycles. The lowest BCUT2D eigenvalue weighted by atomic mass is 10.1. The Kier molecular flexibility index (Phi) is 4.48. The molecule has 1 aromatic carbocycles. The summed E-state index contributed by atoms with van der Waals surface area (Å²) in [6.45, 7) is 1.48. The van der Waals surface area contributed by atoms with E-state index in [0.717, 1.165) is 30.7 Å². The summed E-state index contributed by atoms with van der Waals surface area (Å²) in [6, 6.07) is 7.64. The fourth-order valence-electron chi connectivity index (χ4n) is 2.28. The van der Waals surface area contributed by atoms with Crippen LogP contribution in [0.5, 0.6) is 5.75 Å². The fraction of sp³-hybridized carbons (Fsp3) is 0.500. The lowest BCUT2D eigenvalue weighted by Crippen LogP contribution is -2.41. The van der Waals surface area contributed by atoms with Crippen molar-refractivity contribution in [3.8, 4) is 5.75 Å². The van der Waals surface area contributed by atoms with Gasteiger partial charge in [-0.05, 0) is 18.9 Å². The van der Waals surface area contributed by atoms with Crippen molar-refractivity contribution in [2.75, 3.05) is 20.2 Å². The van der Waals surface area contributed by atoms with Gasteiger partial charge in [0.05, 0.1) is 18.9 Å². The predicted molar refractivity (Wildman–Crippen MR) is 72.2 cm³/mol. The number of hydrogen-bond acceptors (Lipinski definition) is 2. The minimum Gasteiger partial charge on any atom is -0.496 e. The number of alkyl halides is 1. The number of piperidine rings is 1. The summed E-state index contributed by atoms with van der Waals surface area (Å²) < 4.78 is 5.26. The van der Waals surface area contributed by atoms with Crippen LogP contribution in [0.4, 0.5) is 0 Å². The molecule has 1 atom stereocenters. The molecule has 1 aromatic rings. The maximum Gasteiger partial charge on any atom is 0.227 e. The van der Waals surface area contributed by atoms with E-state index in [0.29, 0.717) is 13.0 Å². The number of hydrogen-bond donors (Lipinski definition) is 0. The van der Waals surface area contributed by atoms with E-state index in [1.54, 1.807) is 7.11 Å². The molecule has 0 aromatic heterocycles. The summed E-state index contributed by atoms with van der Waals surface area (Å²) in [5, 5.41) is 0.0976. The molecule has 1 aliphatic heterocycles. The summed E-state index contributed by atoms with van der Waals surface area (Å²) in [5.41, 5.74) is 0.932. The van der Waals surface area contributed by atoms with Crippen molar-refractivity contribution in [1.82, 2.24) is 4.90 Å². The van der Waals surface area contributed by atoms with Crippen LogP contribution in [0.2, 0.25) is 0 Å². The first kappa shape index (κ1) is 13.2. The number of carbonyl (C=O) groups excluding carboxylic acids is 1. The molecule has 1 unspecified atom stereocenters. The predicted octanol–water partition coefficient (Wildman–Crippen LogP) is 2.47. The molecule has 3 nitrogen and oxygen atoms in total. The third kappa shape index (κ3) is 3.16. The van der Waals surface area contributed by atoms with Crippen LogP contribution >= 0.6 is 11.6 Å². The van der Waals surface area contributed by atoms with E-state index < -0.39 is 0 Å². The van der Waals surface area contributed by atoms with Gasteiger partial charge < -0.3 is 9.64 Å². The molecular weight excluding hydrogens is 250 g/mol. The van der Waals surface area contributed by atoms with Crippen molar-refractivity contribution in [2.45, 2.75) is 24.6 Å². The number of ether oxygens (including phenoxy) is 1. The molecule has 1 amide bonds. The first-order chi connectivity index (χ1) is 8.70. The number of benzene rings is 1. The van der Waals surface area contributed by atoms with Gasteiger partial charge in [-0.3, -0.25) is 4.79 Å². The van der Waals surface area contributed by atoms with Crippen LogP contribution in [0, 0.1) is 0 Å². The van der Waals surface area contributed by atoms with E-state index in [2.05, 4.69) is 0 Å². The molecule has 2 rings (SSSR count). The Labute approximate surface area is 113 Å². The zero-order valence-corrected chi connectivity index (χ0v) is 11.3. The highest BCUT2D eigenvalue weighted by Crippen LogP contribution is 2.20. The molecule has 4 heteroatoms. The summed E-state index contributed by atoms with van der Waals surface area (Å²) in [4.78, 5) is 14.0. The fourth-order valence-corrected chi connectivity index (χ4v) is 2.60. The Morgan fingerprint density at radius 1 is 1.50 bits per heavy atom. The average molecular weight is 268 g/mol. The van der Waals surface area contributed by atoms with Crippen molar-refractivity contribution in [3.05, 3.63) is 29.8 Å². The quantitative estimate of drug-likeness (QED) is 0.788. The Bertz CT molecular complexity index is 422. The largest absolute Gasteiger partial charge is 0.496 e. The van der Waals surface area contributed by atoms with E-state index in [4.69, 9.17) is 16.3 Å². The summed E-state index contributed by atoms with van der Waals surface area (Å²) in [7, 11) is 1.62. The normalized spacial score (nSPS) is 19.7. The molecule has 0 spiro atoms. The summed E-state index contributed by atoms with van der Waals surface area (Å²) in [6.07, 6.45) is 2.37. The van der Waals surface area contributed by atoms with Crippen molar-refractivity contribution in [3.63, 3.8) is 0 Å². The Hall–Kier alpha value is -1.22. The number of methoxy groups -OCH3 is 1. The maximum absolute atomic E-state index is 12.2. The van der Waals surface area contributed by atoms with Gasteiger partial charge in [0, 0.05) is 18.7 Å². The lowest BCUT2D eigenvalue weighted by molar-refractivity contribution is -0.131. The molecule has 98 valence electrons. The SMILES string of the molecule is COc1ccccc1CC(=O)N1CCCC(Cl)C1. The summed E-state index contributed by atoms with van der Waals surface area (Å²) >= 11 is 6.10. The molecule has 0 radical (unpaired) electrons. The number of carbonyl (C=O) groups is 1. The van der Waals surface area contributed by atoms with Crippen LogP contribution < -0.4 is 4.74 Å². The molecule has 1 aliphatic rings. The highest BCUT2D eigenvalue weighted by Gasteiger charge is 2.22. The van der Waals surface area contributed by atoms with Gasteiger partial charge >= 0.3 is 0 Å². The van der Waals surface area contributed by atoms with Gasteiger partial charge in [-0.1, -0.05) is 18.2 Å². The first-order valence-electron chi connectivity index (χ1n) is 6.24. The Morgan fingerprint density at radius 2 is 2.28 bits per heavy atom. The van der Waals surface area contributed by atoms with Crippen molar-refractivity contribution in [2.24, 2.45) is 0 Å². The zero-order valence-electron chi connectivity index (χ0n) is 10.6. The van der Waals surface area contributed by atoms with Crippen LogP contribution in [0.3, 0.4) is 0 Å². The number of likely N-dealkylation sites (tertiary alicyclic amines) is 1. The number of amides is 1. The van der Waals surface area contributed by atoms with E-state index in [1.807, 2.05) is 29.2 Å². The van der Waals surface area contributed by atoms with Gasteiger partial charge in [-0.15, -0.1) is 11.6 Å². The second-order valence-electron chi connectivity index (χ2n) is 4.57. The van der Waals surface area contributed by atoms with Gasteiger partial charge in [0.25, 0.3) is 0 Å². The van der Waals surface area contributed by atoms with Crippen LogP contribution in [0.1, 0.15) is 18.4 Å². The van der Waals surface area contributed by atoms with Crippen molar-refractivity contribution < 1.29 is 9.53 Å². The van der Waals surface area contributed by atoms with Crippen LogP contribution in [0.25, 0.3) is 0 Å². The van der Waals surface area contributed by atoms with Crippen LogP contribution in [-0.2, 0) is 11.2 Å². The van der Waals surface area contributed by atoms with Crippen molar-refractivity contribution in [1.29, 1.82) is 0 Å². The minimum absolute atomic E-state index is 0.0976. The van der Waals surface area contributed by atoms with E-state index in [9.17, 15) is 4.79 Å². The topological polar surface area (TPSA) is 29.5 Å². The third-order valence-electron chi connectivity index (χ3n) is 3.25. The number of rotatable bonds is 3. The second-order valence-corrected chi connectivity index (χ2v) is 5.19. The monoisotopic (exact) mass is 267 g/mol. The van der Waals surface area contributed by atoms with Gasteiger partial charge in [0.2, 0.25) is 5.91 Å². The number of nitrogens with zero attached hydrogens (tertiary/aromatic N) is 1. The molecular formula is C14H18ClNO2. The molecule has 0 bridgehead atoms. The molecule has 1 fully saturated rings. The molecule has 0 saturated carbocycles. The molecule has 1 saturated heterocycles. The number of para-hydroxylation sites is 1. The number of halogens is 1. The standard InChI is InChI=1S/C14H18ClNO2/c1-18-13-7-3-2-5-11(13)9-14(17)16-8-4-6-12(15)10-16/h2-3,5,7,12H,4,6,8-10H2,1H3. The molecule has 1 heterocycles. The third-order valence-corrected chi connectivity index (χ3v) is 3.61. The highest BCUT2D eigenvalue weighted by molar-refractivity contribution is 6.20. The van der Waals surface area contributed by atoms with Gasteiger partial charge in [-0.25, -0.2) is 0 Å². The minimum atomic E-state index is 0.0976. The van der Waals surface area contributed by atoms with E-state index >= 15 is 0 Å². The highest BCUT2D eigenvalue weighted by atomic mass is 35.5. The molecule has 0 N–H and O–H groups in total. The second kappa shape index (κ2) is 6.10. The van der Waals surface area contributed by atoms with Crippen molar-refractivity contribution >= 4 is 17.5 Å². The van der Waals surface area contributed by atoms with Gasteiger partial charge in [0.1, 0.15) is 5.75 Å². The average Bonchev–Trinajstić information content (AvgIpc) is 2.39. The van der Waals surface area contributed by atoms with Gasteiger partial charge in [-0.2, -0.15) is 0 Å². The summed E-state index contributed by atoms with van der Waals surface area (Å²) in [5.74, 6) is 0.898. The van der Waals surface area contributed by atoms with Gasteiger partial charge in [0.15, 0.2) is 0 Å². The maximum atomic E-state index is 12.2. The lowest BCUT2D eigenvalue weighted by Gasteiger charge is -2.30. The van der Waals surface area contributed by atoms with E-state index in [1.165, 1.54) is 0 Å². The first-order valence-corrected chi connectivity index (χ1v) is 6.68. The molecule has 18 heavy (non-hydrogen) atoms. The Morgan fingerprint density at radius 3 is 3.00 bits per heavy atom. The van der Waals surface area contributed by atoms with Crippen LogP contribution in [-0.4, -0.2) is 36.4 Å². The zero-order chi connectivity index (χ0) is 13.0. The smallest absolute Gasteiger partial charge is 0.227 e. The van der Waals surface area contributed by atoms with Crippen LogP contribution in [0.15, 0.2) is 24.3 Å². The van der Waals surface area contributed by atoms with E-state index in [-0.39, 0.29) is 11.3 Å². The Balaban J connectivity index is 2.02.